The van der Waals surface area contributed by atoms with Crippen LogP contribution in [0.25, 0.3) is 0 Å². The van der Waals surface area contributed by atoms with Gasteiger partial charge in [0.2, 0.25) is 17.6 Å². The fraction of sp³-hybridized carbons (Fsp3) is 0.818. The Labute approximate surface area is 178 Å². The van der Waals surface area contributed by atoms with E-state index in [9.17, 15) is 19.2 Å². The van der Waals surface area contributed by atoms with Crippen molar-refractivity contribution in [1.29, 1.82) is 0 Å². The number of ketones is 1. The van der Waals surface area contributed by atoms with E-state index in [-0.39, 0.29) is 29.1 Å². The van der Waals surface area contributed by atoms with E-state index in [1.165, 1.54) is 0 Å². The minimum absolute atomic E-state index is 0.0154. The zero-order valence-corrected chi connectivity index (χ0v) is 18.7. The standard InChI is InChI=1S/C22H36N4O4/c1-21(2,3)17(23)20(30)26-10-12-14(22(12,4)5)15(26)19(29)25-13(16(27)18(24)28)9-11-7-6-8-11/h11-15,17H,6-10,23H2,1-5H3,(H2,24,28)(H,25,29)/t12-,13?,14-,15-,17?/m0/s1. The summed E-state index contributed by atoms with van der Waals surface area (Å²) in [7, 11) is 0. The fourth-order valence-corrected chi connectivity index (χ4v) is 5.08. The van der Waals surface area contributed by atoms with Gasteiger partial charge in [-0.1, -0.05) is 53.9 Å². The molecule has 0 aromatic heterocycles. The zero-order valence-electron chi connectivity index (χ0n) is 18.7. The highest BCUT2D eigenvalue weighted by atomic mass is 16.2. The van der Waals surface area contributed by atoms with Crippen LogP contribution in [-0.4, -0.2) is 53.1 Å². The quantitative estimate of drug-likeness (QED) is 0.518. The smallest absolute Gasteiger partial charge is 0.287 e. The van der Waals surface area contributed by atoms with Crippen LogP contribution in [0, 0.1) is 28.6 Å². The SMILES string of the molecule is CC(C)(C)C(N)C(=O)N1C[C@H]2[C@@H]([C@H]1C(=O)NC(CC1CCC1)C(=O)C(N)=O)C2(C)C. The predicted molar refractivity (Wildman–Crippen MR) is 112 cm³/mol. The zero-order chi connectivity index (χ0) is 22.6. The van der Waals surface area contributed by atoms with Crippen molar-refractivity contribution in [3.8, 4) is 0 Å². The molecule has 0 radical (unpaired) electrons. The molecule has 2 unspecified atom stereocenters. The number of carbonyl (C=O) groups excluding carboxylic acids is 4. The number of hydrogen-bond donors (Lipinski definition) is 3. The predicted octanol–water partition coefficient (Wildman–Crippen LogP) is 0.572. The lowest BCUT2D eigenvalue weighted by molar-refractivity contribution is -0.144. The first kappa shape index (κ1) is 22.7. The van der Waals surface area contributed by atoms with Crippen molar-refractivity contribution in [2.75, 3.05) is 6.54 Å². The maximum atomic E-state index is 13.3. The molecule has 3 rings (SSSR count). The Balaban J connectivity index is 1.79. The van der Waals surface area contributed by atoms with E-state index >= 15 is 0 Å². The van der Waals surface area contributed by atoms with Crippen LogP contribution in [0.15, 0.2) is 0 Å². The fourth-order valence-electron chi connectivity index (χ4n) is 5.08. The van der Waals surface area contributed by atoms with Gasteiger partial charge in [-0.25, -0.2) is 0 Å². The lowest BCUT2D eigenvalue weighted by atomic mass is 9.80. The highest BCUT2D eigenvalue weighted by molar-refractivity contribution is 6.37. The minimum atomic E-state index is -1.04. The molecule has 5 N–H and O–H groups in total. The number of Topliss-reactive ketones (excluding diaryl/α,β-unsaturated/α-hetero) is 1. The molecule has 3 aliphatic rings. The van der Waals surface area contributed by atoms with E-state index < -0.39 is 35.2 Å². The van der Waals surface area contributed by atoms with Gasteiger partial charge in [0, 0.05) is 6.54 Å². The van der Waals surface area contributed by atoms with Crippen molar-refractivity contribution >= 4 is 23.5 Å². The Kier molecular flexibility index (Phi) is 5.77. The van der Waals surface area contributed by atoms with Gasteiger partial charge >= 0.3 is 0 Å². The van der Waals surface area contributed by atoms with Gasteiger partial charge in [-0.05, 0) is 35.0 Å². The molecule has 2 aliphatic carbocycles. The highest BCUT2D eigenvalue weighted by Crippen LogP contribution is 2.65. The third kappa shape index (κ3) is 3.98. The van der Waals surface area contributed by atoms with Crippen LogP contribution >= 0.6 is 0 Å². The molecule has 1 heterocycles. The monoisotopic (exact) mass is 420 g/mol. The third-order valence-corrected chi connectivity index (χ3v) is 7.63. The molecule has 30 heavy (non-hydrogen) atoms. The van der Waals surface area contributed by atoms with Crippen molar-refractivity contribution in [2.45, 2.75) is 78.4 Å². The molecule has 1 saturated heterocycles. The number of piperidine rings is 1. The number of fused-ring (bicyclic) bond motifs is 1. The lowest BCUT2D eigenvalue weighted by Gasteiger charge is -2.36. The van der Waals surface area contributed by atoms with Crippen molar-refractivity contribution in [3.05, 3.63) is 0 Å². The van der Waals surface area contributed by atoms with Crippen molar-refractivity contribution < 1.29 is 19.2 Å². The van der Waals surface area contributed by atoms with Crippen LogP contribution in [0.2, 0.25) is 0 Å². The molecule has 0 bridgehead atoms. The Morgan fingerprint density at radius 2 is 1.77 bits per heavy atom. The van der Waals surface area contributed by atoms with Crippen LogP contribution in [0.1, 0.15) is 60.3 Å². The summed E-state index contributed by atoms with van der Waals surface area (Å²) in [5.74, 6) is -1.91. The maximum Gasteiger partial charge on any atom is 0.287 e. The molecular weight excluding hydrogens is 384 g/mol. The van der Waals surface area contributed by atoms with Crippen molar-refractivity contribution in [3.63, 3.8) is 0 Å². The van der Waals surface area contributed by atoms with E-state index in [0.29, 0.717) is 18.9 Å². The molecule has 3 fully saturated rings. The second-order valence-corrected chi connectivity index (χ2v) is 11.1. The normalized spacial score (nSPS) is 29.4. The molecule has 8 nitrogen and oxygen atoms in total. The first-order valence-electron chi connectivity index (χ1n) is 11.0. The summed E-state index contributed by atoms with van der Waals surface area (Å²) in [6, 6.07) is -2.35. The number of hydrogen-bond acceptors (Lipinski definition) is 5. The number of likely N-dealkylation sites (tertiary alicyclic amines) is 1. The van der Waals surface area contributed by atoms with Gasteiger partial charge in [0.05, 0.1) is 12.1 Å². The molecule has 1 aliphatic heterocycles. The van der Waals surface area contributed by atoms with Crippen molar-refractivity contribution in [1.82, 2.24) is 10.2 Å². The number of nitrogens with zero attached hydrogens (tertiary/aromatic N) is 1. The summed E-state index contributed by atoms with van der Waals surface area (Å²) >= 11 is 0. The summed E-state index contributed by atoms with van der Waals surface area (Å²) in [5.41, 5.74) is 10.9. The number of amides is 3. The van der Waals surface area contributed by atoms with Gasteiger partial charge in [-0.15, -0.1) is 0 Å². The molecule has 168 valence electrons. The number of nitrogens with two attached hydrogens (primary N) is 2. The number of nitrogens with one attached hydrogen (secondary N) is 1. The Hall–Kier alpha value is -1.96. The molecular formula is C22H36N4O4. The van der Waals surface area contributed by atoms with Crippen LogP contribution in [-0.2, 0) is 19.2 Å². The van der Waals surface area contributed by atoms with E-state index in [2.05, 4.69) is 19.2 Å². The number of primary amides is 1. The molecule has 8 heteroatoms. The first-order valence-corrected chi connectivity index (χ1v) is 11.0. The summed E-state index contributed by atoms with van der Waals surface area (Å²) in [6.45, 7) is 10.3. The van der Waals surface area contributed by atoms with E-state index in [1.54, 1.807) is 4.90 Å². The van der Waals surface area contributed by atoms with Crippen LogP contribution in [0.3, 0.4) is 0 Å². The van der Waals surface area contributed by atoms with Crippen LogP contribution in [0.5, 0.6) is 0 Å². The van der Waals surface area contributed by atoms with E-state index in [0.717, 1.165) is 19.3 Å². The average molecular weight is 421 g/mol. The molecule has 5 atom stereocenters. The second kappa shape index (κ2) is 7.62. The van der Waals surface area contributed by atoms with Gasteiger partial charge in [-0.2, -0.15) is 0 Å². The van der Waals surface area contributed by atoms with Gasteiger partial charge in [0.15, 0.2) is 0 Å². The minimum Gasteiger partial charge on any atom is -0.363 e. The van der Waals surface area contributed by atoms with Crippen LogP contribution in [0.4, 0.5) is 0 Å². The average Bonchev–Trinajstić information content (AvgIpc) is 2.95. The highest BCUT2D eigenvalue weighted by Gasteiger charge is 2.69. The third-order valence-electron chi connectivity index (χ3n) is 7.63. The van der Waals surface area contributed by atoms with Crippen LogP contribution < -0.4 is 16.8 Å². The van der Waals surface area contributed by atoms with Crippen molar-refractivity contribution in [2.24, 2.45) is 40.1 Å². The van der Waals surface area contributed by atoms with E-state index in [4.69, 9.17) is 11.5 Å². The largest absolute Gasteiger partial charge is 0.363 e. The Morgan fingerprint density at radius 1 is 1.17 bits per heavy atom. The second-order valence-electron chi connectivity index (χ2n) is 11.1. The van der Waals surface area contributed by atoms with E-state index in [1.807, 2.05) is 20.8 Å². The summed E-state index contributed by atoms with van der Waals surface area (Å²) in [6.07, 6.45) is 3.45. The topological polar surface area (TPSA) is 136 Å². The molecule has 0 spiro atoms. The summed E-state index contributed by atoms with van der Waals surface area (Å²) in [4.78, 5) is 51.9. The van der Waals surface area contributed by atoms with Gasteiger partial charge in [0.1, 0.15) is 6.04 Å². The lowest BCUT2D eigenvalue weighted by Crippen LogP contribution is -2.59. The maximum absolute atomic E-state index is 13.3. The van der Waals surface area contributed by atoms with Gasteiger partial charge in [0.25, 0.3) is 5.91 Å². The molecule has 0 aromatic rings. The Morgan fingerprint density at radius 3 is 2.23 bits per heavy atom. The number of carbonyl (C=O) groups is 4. The first-order chi connectivity index (χ1) is 13.8. The Bertz CT molecular complexity index is 753. The molecule has 2 saturated carbocycles. The number of rotatable bonds is 7. The van der Waals surface area contributed by atoms with Gasteiger partial charge in [-0.3, -0.25) is 19.2 Å². The summed E-state index contributed by atoms with van der Waals surface area (Å²) in [5, 5.41) is 2.77. The molecule has 0 aromatic carbocycles. The summed E-state index contributed by atoms with van der Waals surface area (Å²) < 4.78 is 0. The van der Waals surface area contributed by atoms with Gasteiger partial charge < -0.3 is 21.7 Å². The molecule has 3 amide bonds.